The van der Waals surface area contributed by atoms with Gasteiger partial charge in [-0.2, -0.15) is 5.10 Å². The Morgan fingerprint density at radius 2 is 2.29 bits per heavy atom. The first kappa shape index (κ1) is 10.9. The fourth-order valence-electron chi connectivity index (χ4n) is 0.992. The van der Waals surface area contributed by atoms with Crippen LogP contribution in [0.25, 0.3) is 0 Å². The van der Waals surface area contributed by atoms with Gasteiger partial charge < -0.3 is 4.74 Å². The topological polar surface area (TPSA) is 61.2 Å². The van der Waals surface area contributed by atoms with Gasteiger partial charge in [0, 0.05) is 12.3 Å². The van der Waals surface area contributed by atoms with Crippen LogP contribution in [0, 0.1) is 0 Å². The third-order valence-corrected chi connectivity index (χ3v) is 2.19. The van der Waals surface area contributed by atoms with E-state index in [1.54, 1.807) is 0 Å². The second-order valence-electron chi connectivity index (χ2n) is 2.58. The number of hydrogen-bond acceptors (Lipinski definition) is 4. The summed E-state index contributed by atoms with van der Waals surface area (Å²) in [5, 5.41) is 4.27. The first-order valence-electron chi connectivity index (χ1n) is 3.84. The van der Waals surface area contributed by atoms with Crippen LogP contribution in [0.3, 0.4) is 0 Å². The van der Waals surface area contributed by atoms with Crippen molar-refractivity contribution in [2.75, 3.05) is 7.11 Å². The number of esters is 1. The summed E-state index contributed by atoms with van der Waals surface area (Å²) in [5.41, 5.74) is 0.759. The second kappa shape index (κ2) is 4.36. The summed E-state index contributed by atoms with van der Waals surface area (Å²) in [6, 6.07) is 1.52. The van der Waals surface area contributed by atoms with Gasteiger partial charge in [-0.1, -0.05) is 15.9 Å². The number of alkyl halides is 1. The molecule has 0 atom stereocenters. The Balaban J connectivity index is 3.13. The Labute approximate surface area is 89.2 Å². The molecule has 0 spiro atoms. The van der Waals surface area contributed by atoms with Gasteiger partial charge in [-0.3, -0.25) is 4.79 Å². The van der Waals surface area contributed by atoms with Gasteiger partial charge in [0.05, 0.1) is 12.8 Å². The van der Waals surface area contributed by atoms with Crippen LogP contribution < -0.4 is 0 Å². The number of halogens is 1. The number of carbonyl (C=O) groups is 2. The van der Waals surface area contributed by atoms with Crippen LogP contribution in [0.2, 0.25) is 0 Å². The van der Waals surface area contributed by atoms with E-state index in [0.717, 1.165) is 0 Å². The molecule has 0 saturated heterocycles. The summed E-state index contributed by atoms with van der Waals surface area (Å²) < 4.78 is 5.66. The standard InChI is InChI=1S/C8H9BrN2O3/c1-5(12)11-6(4-9)3-7(10-11)8(13)14-2/h3H,4H2,1-2H3. The molecule has 76 valence electrons. The van der Waals surface area contributed by atoms with Gasteiger partial charge in [0.1, 0.15) is 0 Å². The van der Waals surface area contributed by atoms with Gasteiger partial charge in [-0.05, 0) is 6.07 Å². The van der Waals surface area contributed by atoms with Crippen molar-refractivity contribution in [1.82, 2.24) is 9.78 Å². The van der Waals surface area contributed by atoms with E-state index in [0.29, 0.717) is 11.0 Å². The van der Waals surface area contributed by atoms with Crippen LogP contribution in [-0.4, -0.2) is 28.8 Å². The van der Waals surface area contributed by atoms with E-state index in [2.05, 4.69) is 25.8 Å². The highest BCUT2D eigenvalue weighted by atomic mass is 79.9. The molecule has 1 aromatic heterocycles. The van der Waals surface area contributed by atoms with Gasteiger partial charge in [0.25, 0.3) is 0 Å². The van der Waals surface area contributed by atoms with E-state index >= 15 is 0 Å². The van der Waals surface area contributed by atoms with E-state index in [1.807, 2.05) is 0 Å². The van der Waals surface area contributed by atoms with Crippen LogP contribution >= 0.6 is 15.9 Å². The van der Waals surface area contributed by atoms with Crippen molar-refractivity contribution < 1.29 is 14.3 Å². The number of hydrogen-bond donors (Lipinski definition) is 0. The summed E-state index contributed by atoms with van der Waals surface area (Å²) >= 11 is 3.20. The number of aromatic nitrogens is 2. The Kier molecular flexibility index (Phi) is 3.40. The monoisotopic (exact) mass is 260 g/mol. The summed E-state index contributed by atoms with van der Waals surface area (Å²) in [7, 11) is 1.27. The highest BCUT2D eigenvalue weighted by Gasteiger charge is 2.15. The lowest BCUT2D eigenvalue weighted by molar-refractivity contribution is 0.0593. The number of methoxy groups -OCH3 is 1. The van der Waals surface area contributed by atoms with Crippen molar-refractivity contribution in [3.63, 3.8) is 0 Å². The number of nitrogens with zero attached hydrogens (tertiary/aromatic N) is 2. The van der Waals surface area contributed by atoms with Crippen molar-refractivity contribution in [2.45, 2.75) is 12.3 Å². The van der Waals surface area contributed by atoms with Crippen LogP contribution in [0.5, 0.6) is 0 Å². The molecule has 0 amide bonds. The maximum atomic E-state index is 11.1. The lowest BCUT2D eigenvalue weighted by atomic mass is 10.4. The minimum Gasteiger partial charge on any atom is -0.464 e. The molecule has 0 bridgehead atoms. The zero-order valence-corrected chi connectivity index (χ0v) is 9.37. The second-order valence-corrected chi connectivity index (χ2v) is 3.14. The maximum Gasteiger partial charge on any atom is 0.358 e. The van der Waals surface area contributed by atoms with Crippen LogP contribution in [0.15, 0.2) is 6.07 Å². The van der Waals surface area contributed by atoms with Gasteiger partial charge in [-0.15, -0.1) is 0 Å². The van der Waals surface area contributed by atoms with Gasteiger partial charge in [-0.25, -0.2) is 9.48 Å². The molecule has 0 saturated carbocycles. The third kappa shape index (κ3) is 2.01. The van der Waals surface area contributed by atoms with Crippen molar-refractivity contribution in [1.29, 1.82) is 0 Å². The molecule has 6 heteroatoms. The minimum atomic E-state index is -0.549. The van der Waals surface area contributed by atoms with Crippen LogP contribution in [0.4, 0.5) is 0 Å². The van der Waals surface area contributed by atoms with Crippen molar-refractivity contribution in [2.24, 2.45) is 0 Å². The summed E-state index contributed by atoms with van der Waals surface area (Å²) in [6.07, 6.45) is 0. The average Bonchev–Trinajstić information content (AvgIpc) is 2.60. The van der Waals surface area contributed by atoms with Crippen molar-refractivity contribution >= 4 is 27.8 Å². The molecule has 14 heavy (non-hydrogen) atoms. The number of rotatable bonds is 2. The lowest BCUT2D eigenvalue weighted by Gasteiger charge is -1.96. The highest BCUT2D eigenvalue weighted by molar-refractivity contribution is 9.08. The summed E-state index contributed by atoms with van der Waals surface area (Å²) in [5.74, 6) is -0.790. The van der Waals surface area contributed by atoms with E-state index in [-0.39, 0.29) is 11.6 Å². The average molecular weight is 261 g/mol. The molecule has 5 nitrogen and oxygen atoms in total. The zero-order chi connectivity index (χ0) is 10.7. The quantitative estimate of drug-likeness (QED) is 0.593. The molecule has 1 heterocycles. The predicted molar refractivity (Wildman–Crippen MR) is 52.5 cm³/mol. The summed E-state index contributed by atoms with van der Waals surface area (Å²) in [4.78, 5) is 22.2. The third-order valence-electron chi connectivity index (χ3n) is 1.61. The van der Waals surface area contributed by atoms with E-state index in [4.69, 9.17) is 0 Å². The molecule has 0 aliphatic rings. The summed E-state index contributed by atoms with van der Waals surface area (Å²) in [6.45, 7) is 1.38. The highest BCUT2D eigenvalue weighted by Crippen LogP contribution is 2.09. The van der Waals surface area contributed by atoms with Gasteiger partial charge in [0.2, 0.25) is 5.91 Å². The molecule has 0 aliphatic heterocycles. The Hall–Kier alpha value is -1.17. The first-order valence-corrected chi connectivity index (χ1v) is 4.96. The van der Waals surface area contributed by atoms with Crippen LogP contribution in [0.1, 0.15) is 27.9 Å². The Morgan fingerprint density at radius 1 is 1.64 bits per heavy atom. The molecule has 0 unspecified atom stereocenters. The van der Waals surface area contributed by atoms with Gasteiger partial charge >= 0.3 is 5.97 Å². The zero-order valence-electron chi connectivity index (χ0n) is 7.78. The molecular weight excluding hydrogens is 252 g/mol. The SMILES string of the molecule is COC(=O)c1cc(CBr)n(C(C)=O)n1. The maximum absolute atomic E-state index is 11.1. The molecule has 0 aromatic carbocycles. The van der Waals surface area contributed by atoms with E-state index in [9.17, 15) is 9.59 Å². The van der Waals surface area contributed by atoms with Gasteiger partial charge in [0.15, 0.2) is 5.69 Å². The predicted octanol–water partition coefficient (Wildman–Crippen LogP) is 1.22. The molecule has 0 radical (unpaired) electrons. The van der Waals surface area contributed by atoms with Crippen molar-refractivity contribution in [3.8, 4) is 0 Å². The number of ether oxygens (including phenoxy) is 1. The fourth-order valence-corrected chi connectivity index (χ4v) is 1.39. The number of carbonyl (C=O) groups excluding carboxylic acids is 2. The molecule has 0 N–H and O–H groups in total. The minimum absolute atomic E-state index is 0.136. The Bertz CT molecular complexity index is 373. The molecule has 0 aliphatic carbocycles. The molecular formula is C8H9BrN2O3. The molecule has 0 fully saturated rings. The fraction of sp³-hybridized carbons (Fsp3) is 0.375. The first-order chi connectivity index (χ1) is 6.60. The van der Waals surface area contributed by atoms with E-state index in [1.165, 1.54) is 24.8 Å². The lowest BCUT2D eigenvalue weighted by Crippen LogP contribution is -2.11. The van der Waals surface area contributed by atoms with Crippen LogP contribution in [-0.2, 0) is 10.1 Å². The normalized spacial score (nSPS) is 9.93. The smallest absolute Gasteiger partial charge is 0.358 e. The van der Waals surface area contributed by atoms with Crippen molar-refractivity contribution in [3.05, 3.63) is 17.5 Å². The Morgan fingerprint density at radius 3 is 2.64 bits per heavy atom. The molecule has 1 aromatic rings. The molecule has 1 rings (SSSR count). The van der Waals surface area contributed by atoms with E-state index < -0.39 is 5.97 Å². The largest absolute Gasteiger partial charge is 0.464 e.